The van der Waals surface area contributed by atoms with Crippen LogP contribution >= 0.6 is 11.8 Å². The van der Waals surface area contributed by atoms with Gasteiger partial charge in [-0.05, 0) is 24.8 Å². The van der Waals surface area contributed by atoms with Gasteiger partial charge in [0.2, 0.25) is 0 Å². The molecule has 2 heterocycles. The summed E-state index contributed by atoms with van der Waals surface area (Å²) in [4.78, 5) is 31.3. The van der Waals surface area contributed by atoms with Gasteiger partial charge in [0.15, 0.2) is 16.3 Å². The summed E-state index contributed by atoms with van der Waals surface area (Å²) < 4.78 is 3.37. The first-order valence-electron chi connectivity index (χ1n) is 8.91. The zero-order chi connectivity index (χ0) is 18.7. The lowest BCUT2D eigenvalue weighted by molar-refractivity contribution is 0.607. The highest BCUT2D eigenvalue weighted by molar-refractivity contribution is 7.99. The standard InChI is InChI=1S/C19H24N4O2S/c1-4-13(2)26-19-20-16-15(17(24)21-18(25)22(16)3)23(19)12-8-11-14-9-6-5-7-10-14/h5-7,9-10,13H,4,8,11-12H2,1-3H3,(H,21,24,25)/t13-/m0/s1. The summed E-state index contributed by atoms with van der Waals surface area (Å²) in [5.41, 5.74) is 1.40. The van der Waals surface area contributed by atoms with E-state index in [1.807, 2.05) is 22.8 Å². The first-order chi connectivity index (χ1) is 12.5. The molecule has 0 radical (unpaired) electrons. The van der Waals surface area contributed by atoms with E-state index < -0.39 is 5.69 Å². The topological polar surface area (TPSA) is 72.7 Å². The van der Waals surface area contributed by atoms with Crippen molar-refractivity contribution in [3.8, 4) is 0 Å². The predicted molar refractivity (Wildman–Crippen MR) is 106 cm³/mol. The number of hydrogen-bond donors (Lipinski definition) is 1. The Bertz CT molecular complexity index is 1000. The van der Waals surface area contributed by atoms with E-state index in [4.69, 9.17) is 0 Å². The molecular formula is C19H24N4O2S. The second kappa shape index (κ2) is 7.95. The van der Waals surface area contributed by atoms with Gasteiger partial charge >= 0.3 is 5.69 Å². The highest BCUT2D eigenvalue weighted by atomic mass is 32.2. The minimum Gasteiger partial charge on any atom is -0.313 e. The maximum Gasteiger partial charge on any atom is 0.329 e. The molecule has 0 amide bonds. The van der Waals surface area contributed by atoms with Crippen molar-refractivity contribution in [2.45, 2.75) is 50.1 Å². The molecule has 0 saturated carbocycles. The summed E-state index contributed by atoms with van der Waals surface area (Å²) in [7, 11) is 1.64. The Labute approximate surface area is 156 Å². The van der Waals surface area contributed by atoms with Crippen LogP contribution in [0.15, 0.2) is 45.1 Å². The molecule has 2 aromatic heterocycles. The van der Waals surface area contributed by atoms with Crippen LogP contribution in [0.25, 0.3) is 11.2 Å². The highest BCUT2D eigenvalue weighted by Crippen LogP contribution is 2.27. The molecule has 0 aliphatic rings. The van der Waals surface area contributed by atoms with Crippen LogP contribution in [0.5, 0.6) is 0 Å². The number of H-pyrrole nitrogens is 1. The summed E-state index contributed by atoms with van der Waals surface area (Å²) in [6.07, 6.45) is 2.83. The summed E-state index contributed by atoms with van der Waals surface area (Å²) >= 11 is 1.65. The molecule has 1 N–H and O–H groups in total. The second-order valence-electron chi connectivity index (χ2n) is 6.46. The SMILES string of the molecule is CC[C@H](C)Sc1nc2c(c(=O)[nH]c(=O)n2C)n1CCCc1ccccc1. The van der Waals surface area contributed by atoms with Crippen LogP contribution in [0.3, 0.4) is 0 Å². The molecule has 0 bridgehead atoms. The summed E-state index contributed by atoms with van der Waals surface area (Å²) in [6, 6.07) is 10.3. The normalized spacial score (nSPS) is 12.6. The Balaban J connectivity index is 1.97. The van der Waals surface area contributed by atoms with Gasteiger partial charge in [0.05, 0.1) is 0 Å². The number of thioether (sulfide) groups is 1. The van der Waals surface area contributed by atoms with Crippen LogP contribution in [0.1, 0.15) is 32.3 Å². The third-order valence-corrected chi connectivity index (χ3v) is 5.80. The Hall–Kier alpha value is -2.28. The number of fused-ring (bicyclic) bond motifs is 1. The monoisotopic (exact) mass is 372 g/mol. The molecule has 138 valence electrons. The fourth-order valence-electron chi connectivity index (χ4n) is 2.86. The van der Waals surface area contributed by atoms with E-state index in [1.165, 1.54) is 10.1 Å². The molecule has 1 atom stereocenters. The van der Waals surface area contributed by atoms with Gasteiger partial charge in [0, 0.05) is 18.8 Å². The Morgan fingerprint density at radius 3 is 2.65 bits per heavy atom. The van der Waals surface area contributed by atoms with Gasteiger partial charge < -0.3 is 4.57 Å². The number of imidazole rings is 1. The molecule has 6 nitrogen and oxygen atoms in total. The molecule has 0 spiro atoms. The van der Waals surface area contributed by atoms with Gasteiger partial charge in [-0.1, -0.05) is 55.9 Å². The molecule has 3 aromatic rings. The maximum atomic E-state index is 12.4. The fourth-order valence-corrected chi connectivity index (χ4v) is 3.84. The third-order valence-electron chi connectivity index (χ3n) is 4.54. The lowest BCUT2D eigenvalue weighted by atomic mass is 10.1. The average Bonchev–Trinajstić information content (AvgIpc) is 2.99. The molecule has 0 unspecified atom stereocenters. The lowest BCUT2D eigenvalue weighted by Gasteiger charge is -2.11. The largest absolute Gasteiger partial charge is 0.329 e. The van der Waals surface area contributed by atoms with Crippen molar-refractivity contribution in [1.29, 1.82) is 0 Å². The van der Waals surface area contributed by atoms with Gasteiger partial charge in [-0.3, -0.25) is 14.3 Å². The minimum absolute atomic E-state index is 0.369. The second-order valence-corrected chi connectivity index (χ2v) is 7.87. The maximum absolute atomic E-state index is 12.4. The number of aromatic amines is 1. The van der Waals surface area contributed by atoms with Gasteiger partial charge in [-0.2, -0.15) is 0 Å². The summed E-state index contributed by atoms with van der Waals surface area (Å²) in [5.74, 6) is 0. The van der Waals surface area contributed by atoms with E-state index in [0.29, 0.717) is 23.0 Å². The first kappa shape index (κ1) is 18.5. The van der Waals surface area contributed by atoms with Crippen molar-refractivity contribution in [2.24, 2.45) is 7.05 Å². The van der Waals surface area contributed by atoms with Crippen molar-refractivity contribution in [3.05, 3.63) is 56.7 Å². The van der Waals surface area contributed by atoms with E-state index in [2.05, 4.69) is 35.9 Å². The number of nitrogens with zero attached hydrogens (tertiary/aromatic N) is 3. The van der Waals surface area contributed by atoms with Crippen LogP contribution < -0.4 is 11.2 Å². The Kier molecular flexibility index (Phi) is 5.66. The number of hydrogen-bond acceptors (Lipinski definition) is 4. The van der Waals surface area contributed by atoms with Crippen LogP contribution in [0.2, 0.25) is 0 Å². The van der Waals surface area contributed by atoms with E-state index in [9.17, 15) is 9.59 Å². The zero-order valence-corrected chi connectivity index (χ0v) is 16.2. The Morgan fingerprint density at radius 2 is 1.96 bits per heavy atom. The van der Waals surface area contributed by atoms with E-state index in [1.54, 1.807) is 18.8 Å². The first-order valence-corrected chi connectivity index (χ1v) is 9.79. The molecular weight excluding hydrogens is 348 g/mol. The minimum atomic E-state index is -0.434. The van der Waals surface area contributed by atoms with Crippen LogP contribution in [0.4, 0.5) is 0 Å². The van der Waals surface area contributed by atoms with Gasteiger partial charge in [-0.15, -0.1) is 0 Å². The highest BCUT2D eigenvalue weighted by Gasteiger charge is 2.18. The number of rotatable bonds is 7. The van der Waals surface area contributed by atoms with E-state index in [-0.39, 0.29) is 5.56 Å². The molecule has 26 heavy (non-hydrogen) atoms. The fraction of sp³-hybridized carbons (Fsp3) is 0.421. The van der Waals surface area contributed by atoms with E-state index >= 15 is 0 Å². The Morgan fingerprint density at radius 1 is 1.23 bits per heavy atom. The quantitative estimate of drug-likeness (QED) is 0.647. The molecule has 0 aliphatic heterocycles. The molecule has 0 saturated heterocycles. The molecule has 0 fully saturated rings. The summed E-state index contributed by atoms with van der Waals surface area (Å²) in [6.45, 7) is 4.95. The smallest absolute Gasteiger partial charge is 0.313 e. The molecule has 7 heteroatoms. The van der Waals surface area contributed by atoms with Crippen LogP contribution in [-0.2, 0) is 20.0 Å². The molecule has 1 aromatic carbocycles. The van der Waals surface area contributed by atoms with Gasteiger partial charge in [0.25, 0.3) is 5.56 Å². The van der Waals surface area contributed by atoms with Crippen molar-refractivity contribution in [1.82, 2.24) is 19.1 Å². The van der Waals surface area contributed by atoms with Crippen LogP contribution in [-0.4, -0.2) is 24.4 Å². The third kappa shape index (κ3) is 3.77. The number of benzene rings is 1. The molecule has 0 aliphatic carbocycles. The predicted octanol–water partition coefficient (Wildman–Crippen LogP) is 2.95. The lowest BCUT2D eigenvalue weighted by Crippen LogP contribution is -2.29. The van der Waals surface area contributed by atoms with Gasteiger partial charge in [-0.25, -0.2) is 9.78 Å². The van der Waals surface area contributed by atoms with Crippen molar-refractivity contribution in [3.63, 3.8) is 0 Å². The van der Waals surface area contributed by atoms with Crippen molar-refractivity contribution < 1.29 is 0 Å². The zero-order valence-electron chi connectivity index (χ0n) is 15.4. The number of nitrogens with one attached hydrogen (secondary N) is 1. The van der Waals surface area contributed by atoms with Crippen LogP contribution in [0, 0.1) is 0 Å². The average molecular weight is 372 g/mol. The van der Waals surface area contributed by atoms with Crippen molar-refractivity contribution >= 4 is 22.9 Å². The number of aryl methyl sites for hydroxylation is 3. The van der Waals surface area contributed by atoms with Crippen molar-refractivity contribution in [2.75, 3.05) is 0 Å². The van der Waals surface area contributed by atoms with E-state index in [0.717, 1.165) is 24.4 Å². The van der Waals surface area contributed by atoms with Gasteiger partial charge in [0.1, 0.15) is 0 Å². The molecule has 3 rings (SSSR count). The summed E-state index contributed by atoms with van der Waals surface area (Å²) in [5, 5.41) is 1.19. The number of aromatic nitrogens is 4.